The Labute approximate surface area is 129 Å². The van der Waals surface area contributed by atoms with Crippen molar-refractivity contribution in [3.8, 4) is 5.75 Å². The lowest BCUT2D eigenvalue weighted by Crippen LogP contribution is -2.26. The van der Waals surface area contributed by atoms with Gasteiger partial charge in [0.1, 0.15) is 5.75 Å². The fraction of sp³-hybridized carbons (Fsp3) is 0.222. The quantitative estimate of drug-likeness (QED) is 0.942. The maximum Gasteiger partial charge on any atom is 0.242 e. The van der Waals surface area contributed by atoms with Gasteiger partial charge in [-0.05, 0) is 11.6 Å². The van der Waals surface area contributed by atoms with Gasteiger partial charge in [0, 0.05) is 18.4 Å². The second-order valence-corrected chi connectivity index (χ2v) is 5.28. The molecule has 1 unspecified atom stereocenters. The van der Waals surface area contributed by atoms with E-state index in [9.17, 15) is 9.90 Å². The molecule has 112 valence electrons. The summed E-state index contributed by atoms with van der Waals surface area (Å²) in [5.41, 5.74) is 2.61. The fourth-order valence-corrected chi connectivity index (χ4v) is 2.72. The van der Waals surface area contributed by atoms with Crippen LogP contribution in [0.25, 0.3) is 0 Å². The predicted octanol–water partition coefficient (Wildman–Crippen LogP) is 3.48. The van der Waals surface area contributed by atoms with Crippen molar-refractivity contribution in [1.82, 2.24) is 5.01 Å². The number of para-hydroxylation sites is 1. The Hall–Kier alpha value is -2.62. The van der Waals surface area contributed by atoms with Gasteiger partial charge in [-0.15, -0.1) is 0 Å². The van der Waals surface area contributed by atoms with E-state index in [4.69, 9.17) is 0 Å². The number of nitrogens with zero attached hydrogens (tertiary/aromatic N) is 2. The number of hydrogen-bond donors (Lipinski definition) is 1. The van der Waals surface area contributed by atoms with Crippen LogP contribution in [-0.2, 0) is 4.79 Å². The van der Waals surface area contributed by atoms with Crippen LogP contribution in [0.5, 0.6) is 5.75 Å². The average molecular weight is 294 g/mol. The van der Waals surface area contributed by atoms with Crippen LogP contribution in [-0.4, -0.2) is 21.7 Å². The number of aromatic hydroxyl groups is 1. The molecule has 0 radical (unpaired) electrons. The van der Waals surface area contributed by atoms with Crippen LogP contribution in [0.3, 0.4) is 0 Å². The molecule has 0 aromatic heterocycles. The smallest absolute Gasteiger partial charge is 0.242 e. The van der Waals surface area contributed by atoms with Crippen molar-refractivity contribution in [2.24, 2.45) is 5.10 Å². The van der Waals surface area contributed by atoms with Gasteiger partial charge in [0.15, 0.2) is 0 Å². The lowest BCUT2D eigenvalue weighted by Gasteiger charge is -2.22. The first-order valence-electron chi connectivity index (χ1n) is 7.43. The van der Waals surface area contributed by atoms with Gasteiger partial charge < -0.3 is 5.11 Å². The molecule has 1 aliphatic rings. The van der Waals surface area contributed by atoms with Gasteiger partial charge in [-0.1, -0.05) is 55.5 Å². The molecule has 0 spiro atoms. The van der Waals surface area contributed by atoms with E-state index in [1.165, 1.54) is 5.01 Å². The van der Waals surface area contributed by atoms with Crippen molar-refractivity contribution in [1.29, 1.82) is 0 Å². The normalized spacial score (nSPS) is 17.4. The van der Waals surface area contributed by atoms with Gasteiger partial charge in [-0.2, -0.15) is 5.10 Å². The summed E-state index contributed by atoms with van der Waals surface area (Å²) in [6, 6.07) is 16.7. The highest BCUT2D eigenvalue weighted by atomic mass is 16.3. The molecule has 4 heteroatoms. The Balaban J connectivity index is 1.98. The van der Waals surface area contributed by atoms with Crippen LogP contribution in [0.2, 0.25) is 0 Å². The van der Waals surface area contributed by atoms with E-state index in [0.717, 1.165) is 16.8 Å². The van der Waals surface area contributed by atoms with Crippen molar-refractivity contribution >= 4 is 11.6 Å². The highest BCUT2D eigenvalue weighted by Crippen LogP contribution is 2.37. The van der Waals surface area contributed by atoms with E-state index in [-0.39, 0.29) is 17.7 Å². The topological polar surface area (TPSA) is 52.9 Å². The largest absolute Gasteiger partial charge is 0.508 e. The van der Waals surface area contributed by atoms with Crippen molar-refractivity contribution < 1.29 is 9.90 Å². The summed E-state index contributed by atoms with van der Waals surface area (Å²) in [5, 5.41) is 16.1. The zero-order valence-electron chi connectivity index (χ0n) is 12.4. The first-order chi connectivity index (χ1) is 10.7. The van der Waals surface area contributed by atoms with Crippen molar-refractivity contribution in [2.75, 3.05) is 0 Å². The zero-order valence-corrected chi connectivity index (χ0v) is 12.4. The zero-order chi connectivity index (χ0) is 15.5. The molecule has 1 heterocycles. The molecule has 0 aliphatic carbocycles. The molecular weight excluding hydrogens is 276 g/mol. The van der Waals surface area contributed by atoms with E-state index in [0.29, 0.717) is 12.8 Å². The first-order valence-corrected chi connectivity index (χ1v) is 7.43. The van der Waals surface area contributed by atoms with Gasteiger partial charge in [-0.25, -0.2) is 5.01 Å². The van der Waals surface area contributed by atoms with Gasteiger partial charge in [0.2, 0.25) is 5.91 Å². The van der Waals surface area contributed by atoms with Crippen LogP contribution in [0.4, 0.5) is 0 Å². The van der Waals surface area contributed by atoms with Crippen molar-refractivity contribution in [3.63, 3.8) is 0 Å². The van der Waals surface area contributed by atoms with Crippen LogP contribution in [0.1, 0.15) is 36.9 Å². The lowest BCUT2D eigenvalue weighted by atomic mass is 9.97. The number of rotatable bonds is 3. The number of phenolic OH excluding ortho intramolecular Hbond substituents is 1. The Morgan fingerprint density at radius 2 is 1.86 bits per heavy atom. The number of carbonyl (C=O) groups excluding carboxylic acids is 1. The number of amides is 1. The molecule has 1 N–H and O–H groups in total. The molecule has 4 nitrogen and oxygen atoms in total. The molecule has 0 fully saturated rings. The second kappa shape index (κ2) is 6.02. The average Bonchev–Trinajstić information content (AvgIpc) is 3.00. The Bertz CT molecular complexity index is 710. The molecule has 3 rings (SSSR count). The monoisotopic (exact) mass is 294 g/mol. The SMILES string of the molecule is CCC(=O)N1N=C(c2ccccc2)CC1c1ccccc1O. The number of carbonyl (C=O) groups is 1. The summed E-state index contributed by atoms with van der Waals surface area (Å²) < 4.78 is 0. The number of hydrogen-bond acceptors (Lipinski definition) is 3. The minimum absolute atomic E-state index is 0.0424. The Morgan fingerprint density at radius 1 is 1.18 bits per heavy atom. The van der Waals surface area contributed by atoms with Crippen LogP contribution in [0, 0.1) is 0 Å². The summed E-state index contributed by atoms with van der Waals surface area (Å²) in [4.78, 5) is 12.2. The molecule has 22 heavy (non-hydrogen) atoms. The van der Waals surface area contributed by atoms with E-state index < -0.39 is 0 Å². The minimum atomic E-state index is -0.246. The van der Waals surface area contributed by atoms with E-state index in [1.54, 1.807) is 12.1 Å². The maximum absolute atomic E-state index is 12.2. The molecule has 2 aromatic rings. The lowest BCUT2D eigenvalue weighted by molar-refractivity contribution is -0.132. The van der Waals surface area contributed by atoms with Crippen LogP contribution < -0.4 is 0 Å². The molecule has 2 aromatic carbocycles. The van der Waals surface area contributed by atoms with Crippen molar-refractivity contribution in [3.05, 3.63) is 65.7 Å². The number of benzene rings is 2. The minimum Gasteiger partial charge on any atom is -0.508 e. The summed E-state index contributed by atoms with van der Waals surface area (Å²) in [6.45, 7) is 1.82. The van der Waals surface area contributed by atoms with E-state index in [1.807, 2.05) is 49.4 Å². The van der Waals surface area contributed by atoms with E-state index in [2.05, 4.69) is 5.10 Å². The van der Waals surface area contributed by atoms with Gasteiger partial charge in [0.25, 0.3) is 0 Å². The third kappa shape index (κ3) is 2.60. The predicted molar refractivity (Wildman–Crippen MR) is 85.6 cm³/mol. The van der Waals surface area contributed by atoms with E-state index >= 15 is 0 Å². The number of hydrazone groups is 1. The van der Waals surface area contributed by atoms with Gasteiger partial charge in [-0.3, -0.25) is 4.79 Å². The summed E-state index contributed by atoms with van der Waals surface area (Å²) >= 11 is 0. The van der Waals surface area contributed by atoms with Crippen LogP contribution >= 0.6 is 0 Å². The Kier molecular flexibility index (Phi) is 3.92. The molecular formula is C18H18N2O2. The first kappa shape index (κ1) is 14.3. The summed E-state index contributed by atoms with van der Waals surface area (Å²) in [7, 11) is 0. The fourth-order valence-electron chi connectivity index (χ4n) is 2.72. The summed E-state index contributed by atoms with van der Waals surface area (Å²) in [6.07, 6.45) is 0.989. The molecule has 1 aliphatic heterocycles. The summed E-state index contributed by atoms with van der Waals surface area (Å²) in [5.74, 6) is 0.157. The second-order valence-electron chi connectivity index (χ2n) is 5.28. The van der Waals surface area contributed by atoms with Gasteiger partial charge >= 0.3 is 0 Å². The van der Waals surface area contributed by atoms with Gasteiger partial charge in [0.05, 0.1) is 11.8 Å². The highest BCUT2D eigenvalue weighted by Gasteiger charge is 2.33. The highest BCUT2D eigenvalue weighted by molar-refractivity contribution is 6.03. The number of phenols is 1. The molecule has 1 atom stereocenters. The standard InChI is InChI=1S/C18H18N2O2/c1-2-18(22)20-16(14-10-6-7-11-17(14)21)12-15(19-20)13-8-4-3-5-9-13/h3-11,16,21H,2,12H2,1H3. The molecule has 1 amide bonds. The van der Waals surface area contributed by atoms with Crippen molar-refractivity contribution in [2.45, 2.75) is 25.8 Å². The molecule has 0 bridgehead atoms. The maximum atomic E-state index is 12.2. The third-order valence-corrected chi connectivity index (χ3v) is 3.87. The molecule has 0 saturated heterocycles. The van der Waals surface area contributed by atoms with Crippen LogP contribution in [0.15, 0.2) is 59.7 Å². The Morgan fingerprint density at radius 3 is 2.55 bits per heavy atom. The molecule has 0 saturated carbocycles. The third-order valence-electron chi connectivity index (χ3n) is 3.87.